The molecule has 8 nitrogen and oxygen atoms in total. The third kappa shape index (κ3) is 71.6. The Morgan fingerprint density at radius 2 is 0.368 bits per heavy atom. The summed E-state index contributed by atoms with van der Waals surface area (Å²) in [6, 6.07) is 57.4. The standard InChI is InChI=1S/2C10H8.2C6H6.4C4H8O2.2C3H8.7C2H6/c2*1-2-6-10-8-4-3-7-9(10)5-1;2*1-2-4-6-5-3-1;4*1-5-2-4-3-6-4;2*1-3-2;7*1-2/h2*1-8H;2*1-6H;4*4H,2-3H2,1H3;2*3H2,1-2H3;7*1-2H3. The van der Waals surface area contributed by atoms with Crippen molar-refractivity contribution in [1.82, 2.24) is 0 Å². The summed E-state index contributed by atoms with van der Waals surface area (Å²) in [5, 5.41) is 5.24. The zero-order chi connectivity index (χ0) is 59.1. The number of hydrogen-bond acceptors (Lipinski definition) is 8. The van der Waals surface area contributed by atoms with E-state index < -0.39 is 0 Å². The first-order chi connectivity index (χ1) is 37.5. The Labute approximate surface area is 470 Å². The molecular formula is C68H118O8. The zero-order valence-corrected chi connectivity index (χ0v) is 52.8. The molecule has 4 unspecified atom stereocenters. The van der Waals surface area contributed by atoms with Gasteiger partial charge in [0.15, 0.2) is 0 Å². The Morgan fingerprint density at radius 1 is 0.263 bits per heavy atom. The molecule has 8 heteroatoms. The molecule has 0 amide bonds. The molecule has 6 aromatic carbocycles. The molecule has 4 fully saturated rings. The van der Waals surface area contributed by atoms with Gasteiger partial charge >= 0.3 is 0 Å². The number of fused-ring (bicyclic) bond motifs is 2. The predicted octanol–water partition coefficient (Wildman–Crippen LogP) is 19.2. The number of epoxide rings is 4. The van der Waals surface area contributed by atoms with Crippen LogP contribution in [-0.4, -0.2) is 106 Å². The van der Waals surface area contributed by atoms with Crippen LogP contribution < -0.4 is 0 Å². The number of ether oxygens (including phenoxy) is 8. The van der Waals surface area contributed by atoms with Gasteiger partial charge in [0.25, 0.3) is 0 Å². The average Bonchev–Trinajstić information content (AvgIpc) is 4.24. The van der Waals surface area contributed by atoms with Gasteiger partial charge in [0, 0.05) is 28.4 Å². The topological polar surface area (TPSA) is 87.0 Å². The van der Waals surface area contributed by atoms with Crippen LogP contribution in [0.3, 0.4) is 0 Å². The predicted molar refractivity (Wildman–Crippen MR) is 339 cm³/mol. The molecule has 4 aliphatic rings. The molecule has 438 valence electrons. The van der Waals surface area contributed by atoms with E-state index in [1.807, 2.05) is 170 Å². The van der Waals surface area contributed by atoms with E-state index in [2.05, 4.69) is 125 Å². The average molecular weight is 1060 g/mol. The summed E-state index contributed by atoms with van der Waals surface area (Å²) in [5.41, 5.74) is 0. The highest BCUT2D eigenvalue weighted by Gasteiger charge is 2.22. The maximum Gasteiger partial charge on any atom is 0.104 e. The van der Waals surface area contributed by atoms with Crippen LogP contribution in [0.25, 0.3) is 21.5 Å². The highest BCUT2D eigenvalue weighted by atomic mass is 16.6. The van der Waals surface area contributed by atoms with E-state index in [0.717, 1.165) is 52.9 Å². The summed E-state index contributed by atoms with van der Waals surface area (Å²) in [5.74, 6) is 0. The van der Waals surface area contributed by atoms with Crippen LogP contribution in [0.2, 0.25) is 0 Å². The fraction of sp³-hybridized carbons (Fsp3) is 0.529. The molecule has 0 N–H and O–H groups in total. The fourth-order valence-electron chi connectivity index (χ4n) is 4.44. The highest BCUT2D eigenvalue weighted by Crippen LogP contribution is 2.13. The van der Waals surface area contributed by atoms with Gasteiger partial charge in [-0.05, 0) is 21.5 Å². The number of rotatable bonds is 8. The lowest BCUT2D eigenvalue weighted by Crippen LogP contribution is -1.94. The van der Waals surface area contributed by atoms with E-state index in [1.165, 1.54) is 34.4 Å². The van der Waals surface area contributed by atoms with Gasteiger partial charge in [0.05, 0.1) is 52.9 Å². The van der Waals surface area contributed by atoms with Gasteiger partial charge in [-0.15, -0.1) is 0 Å². The Bertz CT molecular complexity index is 1430. The molecule has 0 saturated carbocycles. The Hall–Kier alpha value is -4.48. The molecule has 0 aliphatic carbocycles. The first-order valence-corrected chi connectivity index (χ1v) is 28.8. The summed E-state index contributed by atoms with van der Waals surface area (Å²) < 4.78 is 38.3. The van der Waals surface area contributed by atoms with E-state index in [4.69, 9.17) is 37.9 Å². The van der Waals surface area contributed by atoms with E-state index in [0.29, 0.717) is 24.4 Å². The molecular weight excluding hydrogens is 945 g/mol. The van der Waals surface area contributed by atoms with Crippen LogP contribution in [0, 0.1) is 0 Å². The third-order valence-electron chi connectivity index (χ3n) is 7.67. The van der Waals surface area contributed by atoms with Crippen LogP contribution in [0.15, 0.2) is 170 Å². The second kappa shape index (κ2) is 79.4. The molecule has 4 saturated heterocycles. The summed E-state index contributed by atoms with van der Waals surface area (Å²) in [6.07, 6.45) is 4.20. The number of benzene rings is 6. The summed E-state index contributed by atoms with van der Waals surface area (Å²) in [7, 11) is 6.73. The van der Waals surface area contributed by atoms with Crippen LogP contribution in [0.5, 0.6) is 0 Å². The van der Waals surface area contributed by atoms with Crippen molar-refractivity contribution in [3.05, 3.63) is 170 Å². The van der Waals surface area contributed by atoms with Crippen molar-refractivity contribution in [2.24, 2.45) is 0 Å². The maximum absolute atomic E-state index is 4.82. The molecule has 4 atom stereocenters. The quantitative estimate of drug-likeness (QED) is 0.139. The lowest BCUT2D eigenvalue weighted by molar-refractivity contribution is 0.171. The second-order valence-electron chi connectivity index (χ2n) is 14.1. The monoisotopic (exact) mass is 1060 g/mol. The minimum Gasteiger partial charge on any atom is -0.382 e. The molecule has 76 heavy (non-hydrogen) atoms. The lowest BCUT2D eigenvalue weighted by atomic mass is 10.1. The van der Waals surface area contributed by atoms with E-state index in [1.54, 1.807) is 28.4 Å². The smallest absolute Gasteiger partial charge is 0.104 e. The first kappa shape index (κ1) is 85.4. The fourth-order valence-corrected chi connectivity index (χ4v) is 4.44. The van der Waals surface area contributed by atoms with E-state index >= 15 is 0 Å². The van der Waals surface area contributed by atoms with Crippen molar-refractivity contribution < 1.29 is 37.9 Å². The Morgan fingerprint density at radius 3 is 0.434 bits per heavy atom. The largest absolute Gasteiger partial charge is 0.382 e. The van der Waals surface area contributed by atoms with Gasteiger partial charge in [-0.2, -0.15) is 0 Å². The SMILES string of the molecule is CC.CC.CC.CC.CC.CC.CC.CCC.CCC.COCC1CO1.COCC1CO1.COCC1CO1.COCC1CO1.c1ccc2ccccc2c1.c1ccc2ccccc2c1.c1ccccc1.c1ccccc1. The zero-order valence-electron chi connectivity index (χ0n) is 52.8. The van der Waals surface area contributed by atoms with Crippen molar-refractivity contribution in [3.63, 3.8) is 0 Å². The summed E-state index contributed by atoms with van der Waals surface area (Å²) in [4.78, 5) is 0. The Balaban J connectivity index is -0.000000138. The van der Waals surface area contributed by atoms with Crippen LogP contribution in [-0.2, 0) is 37.9 Å². The van der Waals surface area contributed by atoms with Crippen molar-refractivity contribution in [1.29, 1.82) is 0 Å². The van der Waals surface area contributed by atoms with Crippen LogP contribution in [0.1, 0.15) is 137 Å². The second-order valence-corrected chi connectivity index (χ2v) is 14.1. The van der Waals surface area contributed by atoms with Crippen molar-refractivity contribution in [2.45, 2.75) is 162 Å². The minimum absolute atomic E-state index is 0.426. The number of methoxy groups -OCH3 is 4. The highest BCUT2D eigenvalue weighted by molar-refractivity contribution is 5.82. The van der Waals surface area contributed by atoms with Gasteiger partial charge in [-0.3, -0.25) is 0 Å². The van der Waals surface area contributed by atoms with Gasteiger partial charge in [-0.25, -0.2) is 0 Å². The first-order valence-electron chi connectivity index (χ1n) is 28.8. The Kier molecular flexibility index (Phi) is 89.3. The molecule has 6 aromatic rings. The van der Waals surface area contributed by atoms with E-state index in [9.17, 15) is 0 Å². The molecule has 0 aromatic heterocycles. The molecule has 4 aliphatic heterocycles. The normalized spacial score (nSPS) is 14.6. The lowest BCUT2D eigenvalue weighted by Gasteiger charge is -1.92. The third-order valence-corrected chi connectivity index (χ3v) is 7.67. The maximum atomic E-state index is 4.82. The molecule has 10 rings (SSSR count). The van der Waals surface area contributed by atoms with Crippen LogP contribution >= 0.6 is 0 Å². The van der Waals surface area contributed by atoms with E-state index in [-0.39, 0.29) is 0 Å². The molecule has 0 radical (unpaired) electrons. The van der Waals surface area contributed by atoms with Gasteiger partial charge in [0.1, 0.15) is 24.4 Å². The summed E-state index contributed by atoms with van der Waals surface area (Å²) >= 11 is 0. The molecule has 0 bridgehead atoms. The summed E-state index contributed by atoms with van der Waals surface area (Å²) in [6.45, 7) is 43.1. The number of hydrogen-bond donors (Lipinski definition) is 0. The van der Waals surface area contributed by atoms with Crippen molar-refractivity contribution >= 4 is 21.5 Å². The minimum atomic E-state index is 0.426. The van der Waals surface area contributed by atoms with Gasteiger partial charge in [0.2, 0.25) is 0 Å². The van der Waals surface area contributed by atoms with Gasteiger partial charge < -0.3 is 37.9 Å². The van der Waals surface area contributed by atoms with Crippen LogP contribution in [0.4, 0.5) is 0 Å². The molecule has 4 heterocycles. The molecule has 0 spiro atoms. The van der Waals surface area contributed by atoms with Crippen molar-refractivity contribution in [2.75, 3.05) is 81.3 Å². The van der Waals surface area contributed by atoms with Gasteiger partial charge in [-0.1, -0.05) is 307 Å². The van der Waals surface area contributed by atoms with Crippen molar-refractivity contribution in [3.8, 4) is 0 Å².